The van der Waals surface area contributed by atoms with Crippen LogP contribution in [0.5, 0.6) is 11.5 Å². The standard InChI is InChI=1S/C30H24Cl2N4O5/c1-40-26-11-5-17(13-18(26)16-41-27-12-6-19(31)14-23(27)32)28-22(15-33)30(34)35(24-3-2-4-25(37)29(24)28)20-7-9-21(10-8-20)36(38)39/h5-14,28H,2-4,16,34H2,1H3/t28-/m1/s1. The molecule has 208 valence electrons. The van der Waals surface area contributed by atoms with Gasteiger partial charge in [-0.05, 0) is 60.9 Å². The SMILES string of the molecule is COc1ccc([C@@H]2C(C#N)=C(N)N(c3ccc([N+](=O)[O-])cc3)C3=C2C(=O)CCC3)cc1COc1ccc(Cl)cc1Cl. The predicted molar refractivity (Wildman–Crippen MR) is 155 cm³/mol. The molecule has 0 amide bonds. The molecule has 1 aliphatic carbocycles. The first kappa shape index (κ1) is 28.0. The fraction of sp³-hybridized carbons (Fsp3) is 0.200. The van der Waals surface area contributed by atoms with Crippen molar-refractivity contribution in [3.05, 3.63) is 115 Å². The van der Waals surface area contributed by atoms with Crippen LogP contribution in [0.1, 0.15) is 36.3 Å². The predicted octanol–water partition coefficient (Wildman–Crippen LogP) is 6.79. The molecule has 0 spiro atoms. The van der Waals surface area contributed by atoms with Crippen LogP contribution in [-0.2, 0) is 11.4 Å². The maximum Gasteiger partial charge on any atom is 0.269 e. The number of ketones is 1. The van der Waals surface area contributed by atoms with Crippen molar-refractivity contribution in [3.8, 4) is 17.6 Å². The van der Waals surface area contributed by atoms with Gasteiger partial charge in [0.15, 0.2) is 5.78 Å². The van der Waals surface area contributed by atoms with Crippen molar-refractivity contribution in [2.24, 2.45) is 5.73 Å². The van der Waals surface area contributed by atoms with E-state index in [4.69, 9.17) is 38.4 Å². The van der Waals surface area contributed by atoms with E-state index >= 15 is 0 Å². The Hall–Kier alpha value is -4.52. The molecule has 0 unspecified atom stereocenters. The fourth-order valence-corrected chi connectivity index (χ4v) is 5.74. The number of allylic oxidation sites excluding steroid dienone is 3. The molecule has 0 radical (unpaired) electrons. The molecule has 11 heteroatoms. The molecule has 1 aliphatic heterocycles. The van der Waals surface area contributed by atoms with E-state index in [9.17, 15) is 20.2 Å². The van der Waals surface area contributed by atoms with Gasteiger partial charge in [0.05, 0.1) is 34.6 Å². The van der Waals surface area contributed by atoms with E-state index in [0.29, 0.717) is 68.9 Å². The maximum absolute atomic E-state index is 13.5. The monoisotopic (exact) mass is 590 g/mol. The number of carbonyl (C=O) groups excluding carboxylic acids is 1. The summed E-state index contributed by atoms with van der Waals surface area (Å²) in [5, 5.41) is 22.3. The molecule has 2 N–H and O–H groups in total. The van der Waals surface area contributed by atoms with Gasteiger partial charge >= 0.3 is 0 Å². The summed E-state index contributed by atoms with van der Waals surface area (Å²) >= 11 is 12.3. The summed E-state index contributed by atoms with van der Waals surface area (Å²) < 4.78 is 11.5. The Morgan fingerprint density at radius 3 is 2.49 bits per heavy atom. The van der Waals surface area contributed by atoms with Gasteiger partial charge in [0.2, 0.25) is 0 Å². The van der Waals surface area contributed by atoms with Gasteiger partial charge in [0, 0.05) is 46.1 Å². The minimum absolute atomic E-state index is 0.0755. The number of non-ortho nitro benzene ring substituents is 1. The molecule has 3 aromatic carbocycles. The molecule has 1 atom stereocenters. The van der Waals surface area contributed by atoms with E-state index in [1.165, 1.54) is 12.1 Å². The third-order valence-corrected chi connectivity index (χ3v) is 7.68. The molecular weight excluding hydrogens is 567 g/mol. The Kier molecular flexibility index (Phi) is 7.88. The average Bonchev–Trinajstić information content (AvgIpc) is 2.96. The summed E-state index contributed by atoms with van der Waals surface area (Å²) in [5.41, 5.74) is 9.81. The number of nitrogens with two attached hydrogens (primary N) is 1. The first-order chi connectivity index (χ1) is 19.7. The van der Waals surface area contributed by atoms with Crippen LogP contribution in [0.2, 0.25) is 10.0 Å². The number of hydrogen-bond donors (Lipinski definition) is 1. The molecule has 5 rings (SSSR count). The molecule has 0 fully saturated rings. The van der Waals surface area contributed by atoms with Gasteiger partial charge in [-0.1, -0.05) is 29.3 Å². The van der Waals surface area contributed by atoms with Crippen LogP contribution in [-0.4, -0.2) is 17.8 Å². The third-order valence-electron chi connectivity index (χ3n) is 7.15. The normalized spacial score (nSPS) is 16.8. The number of benzene rings is 3. The summed E-state index contributed by atoms with van der Waals surface area (Å²) in [4.78, 5) is 25.8. The van der Waals surface area contributed by atoms with Gasteiger partial charge < -0.3 is 15.2 Å². The topological polar surface area (TPSA) is 132 Å². The van der Waals surface area contributed by atoms with Crippen LogP contribution in [0.4, 0.5) is 11.4 Å². The minimum atomic E-state index is -0.708. The van der Waals surface area contributed by atoms with Crippen LogP contribution in [0, 0.1) is 21.4 Å². The van der Waals surface area contributed by atoms with Crippen molar-refractivity contribution in [1.29, 1.82) is 5.26 Å². The zero-order valence-corrected chi connectivity index (χ0v) is 23.4. The highest BCUT2D eigenvalue weighted by atomic mass is 35.5. The van der Waals surface area contributed by atoms with Crippen LogP contribution in [0.25, 0.3) is 0 Å². The second-order valence-electron chi connectivity index (χ2n) is 9.52. The summed E-state index contributed by atoms with van der Waals surface area (Å²) in [6, 6.07) is 18.4. The van der Waals surface area contributed by atoms with Crippen LogP contribution < -0.4 is 20.1 Å². The van der Waals surface area contributed by atoms with Crippen molar-refractivity contribution < 1.29 is 19.2 Å². The zero-order chi connectivity index (χ0) is 29.3. The second-order valence-corrected chi connectivity index (χ2v) is 10.4. The van der Waals surface area contributed by atoms with E-state index in [2.05, 4.69) is 6.07 Å². The lowest BCUT2D eigenvalue weighted by Gasteiger charge is -2.39. The van der Waals surface area contributed by atoms with E-state index in [1.807, 2.05) is 6.07 Å². The number of nitro benzene ring substituents is 1. The third kappa shape index (κ3) is 5.32. The van der Waals surface area contributed by atoms with E-state index in [-0.39, 0.29) is 29.5 Å². The van der Waals surface area contributed by atoms with Gasteiger partial charge in [-0.15, -0.1) is 0 Å². The number of Topliss-reactive ketones (excluding diaryl/α,β-unsaturated/α-hetero) is 1. The zero-order valence-electron chi connectivity index (χ0n) is 21.9. The van der Waals surface area contributed by atoms with E-state index in [1.54, 1.807) is 54.5 Å². The van der Waals surface area contributed by atoms with Crippen LogP contribution >= 0.6 is 23.2 Å². The Bertz CT molecular complexity index is 1660. The number of anilines is 1. The highest BCUT2D eigenvalue weighted by Gasteiger charge is 2.40. The van der Waals surface area contributed by atoms with Crippen LogP contribution in [0.3, 0.4) is 0 Å². The lowest BCUT2D eigenvalue weighted by atomic mass is 9.75. The first-order valence-corrected chi connectivity index (χ1v) is 13.4. The number of methoxy groups -OCH3 is 1. The Labute approximate surface area is 246 Å². The molecule has 0 saturated carbocycles. The highest BCUT2D eigenvalue weighted by Crippen LogP contribution is 2.47. The summed E-state index contributed by atoms with van der Waals surface area (Å²) in [6.07, 6.45) is 1.50. The van der Waals surface area contributed by atoms with Crippen molar-refractivity contribution in [2.75, 3.05) is 12.0 Å². The number of nitro groups is 1. The molecule has 9 nitrogen and oxygen atoms in total. The highest BCUT2D eigenvalue weighted by molar-refractivity contribution is 6.35. The van der Waals surface area contributed by atoms with Gasteiger partial charge in [-0.2, -0.15) is 5.26 Å². The molecule has 0 aromatic heterocycles. The largest absolute Gasteiger partial charge is 0.496 e. The Morgan fingerprint density at radius 1 is 1.10 bits per heavy atom. The van der Waals surface area contributed by atoms with Crippen molar-refractivity contribution >= 4 is 40.4 Å². The van der Waals surface area contributed by atoms with E-state index < -0.39 is 10.8 Å². The fourth-order valence-electron chi connectivity index (χ4n) is 5.28. The molecule has 3 aromatic rings. The molecule has 0 saturated heterocycles. The molecule has 0 bridgehead atoms. The van der Waals surface area contributed by atoms with Crippen molar-refractivity contribution in [1.82, 2.24) is 0 Å². The summed E-state index contributed by atoms with van der Waals surface area (Å²) in [7, 11) is 1.54. The second kappa shape index (κ2) is 11.5. The minimum Gasteiger partial charge on any atom is -0.496 e. The number of nitrogens with zero attached hydrogens (tertiary/aromatic N) is 3. The first-order valence-electron chi connectivity index (χ1n) is 12.7. The number of carbonyl (C=O) groups is 1. The van der Waals surface area contributed by atoms with Crippen LogP contribution in [0.15, 0.2) is 83.3 Å². The lowest BCUT2D eigenvalue weighted by molar-refractivity contribution is -0.384. The summed E-state index contributed by atoms with van der Waals surface area (Å²) in [6.45, 7) is 0.0982. The lowest BCUT2D eigenvalue weighted by Crippen LogP contribution is -2.38. The molecule has 1 heterocycles. The number of halogens is 2. The maximum atomic E-state index is 13.5. The number of rotatable bonds is 7. The van der Waals surface area contributed by atoms with Gasteiger partial charge in [-0.3, -0.25) is 19.8 Å². The number of hydrogen-bond acceptors (Lipinski definition) is 8. The van der Waals surface area contributed by atoms with E-state index in [0.717, 1.165) is 0 Å². The summed E-state index contributed by atoms with van der Waals surface area (Å²) in [5.74, 6) is 0.378. The molecule has 41 heavy (non-hydrogen) atoms. The number of ether oxygens (including phenoxy) is 2. The quantitative estimate of drug-likeness (QED) is 0.235. The molecular formula is C30H24Cl2N4O5. The van der Waals surface area contributed by atoms with Gasteiger partial charge in [0.25, 0.3) is 5.69 Å². The Morgan fingerprint density at radius 2 is 1.83 bits per heavy atom. The van der Waals surface area contributed by atoms with Gasteiger partial charge in [-0.25, -0.2) is 0 Å². The van der Waals surface area contributed by atoms with Gasteiger partial charge in [0.1, 0.15) is 23.9 Å². The average molecular weight is 591 g/mol. The van der Waals surface area contributed by atoms with Crippen molar-refractivity contribution in [2.45, 2.75) is 31.8 Å². The number of nitriles is 1. The smallest absolute Gasteiger partial charge is 0.269 e. The molecule has 2 aliphatic rings. The van der Waals surface area contributed by atoms with Crippen molar-refractivity contribution in [3.63, 3.8) is 0 Å². The Balaban J connectivity index is 1.59.